The second-order valence-corrected chi connectivity index (χ2v) is 4.37. The summed E-state index contributed by atoms with van der Waals surface area (Å²) in [5, 5.41) is 0. The zero-order chi connectivity index (χ0) is 15.1. The first kappa shape index (κ1) is 14.7. The molecule has 0 fully saturated rings. The van der Waals surface area contributed by atoms with E-state index in [9.17, 15) is 9.59 Å². The van der Waals surface area contributed by atoms with Crippen LogP contribution < -0.4 is 0 Å². The second kappa shape index (κ2) is 7.20. The molecule has 0 aromatic heterocycles. The summed E-state index contributed by atoms with van der Waals surface area (Å²) in [5.41, 5.74) is 1.57. The number of hydrogen-bond acceptors (Lipinski definition) is 3. The molecule has 0 radical (unpaired) electrons. The highest BCUT2D eigenvalue weighted by molar-refractivity contribution is 6.31. The van der Waals surface area contributed by atoms with Crippen molar-refractivity contribution in [1.82, 2.24) is 0 Å². The second-order valence-electron chi connectivity index (χ2n) is 4.37. The predicted molar refractivity (Wildman–Crippen MR) is 81.8 cm³/mol. The number of rotatable bonds is 5. The third kappa shape index (κ3) is 3.89. The van der Waals surface area contributed by atoms with Crippen molar-refractivity contribution in [3.63, 3.8) is 0 Å². The first-order chi connectivity index (χ1) is 10.2. The quantitative estimate of drug-likeness (QED) is 0.478. The van der Waals surface area contributed by atoms with E-state index in [1.54, 1.807) is 43.3 Å². The molecule has 106 valence electrons. The first-order valence-electron chi connectivity index (χ1n) is 6.76. The molecule has 3 heteroatoms. The number of carbonyl (C=O) groups is 2. The summed E-state index contributed by atoms with van der Waals surface area (Å²) in [6.45, 7) is 2.00. The minimum Gasteiger partial charge on any atom is -0.463 e. The Morgan fingerprint density at radius 1 is 0.905 bits per heavy atom. The van der Waals surface area contributed by atoms with Gasteiger partial charge in [-0.2, -0.15) is 0 Å². The Bertz CT molecular complexity index is 643. The van der Waals surface area contributed by atoms with Crippen LogP contribution >= 0.6 is 0 Å². The van der Waals surface area contributed by atoms with Crippen molar-refractivity contribution in [3.8, 4) is 0 Å². The van der Waals surface area contributed by atoms with Gasteiger partial charge in [-0.3, -0.25) is 4.79 Å². The molecule has 21 heavy (non-hydrogen) atoms. The van der Waals surface area contributed by atoms with E-state index in [1.807, 2.05) is 24.3 Å². The molecule has 0 spiro atoms. The lowest BCUT2D eigenvalue weighted by Crippen LogP contribution is -2.07. The monoisotopic (exact) mass is 280 g/mol. The van der Waals surface area contributed by atoms with Crippen LogP contribution in [0.2, 0.25) is 0 Å². The van der Waals surface area contributed by atoms with E-state index in [1.165, 1.54) is 6.08 Å². The number of hydrogen-bond donors (Lipinski definition) is 0. The first-order valence-corrected chi connectivity index (χ1v) is 6.76. The number of esters is 1. The summed E-state index contributed by atoms with van der Waals surface area (Å²) < 4.78 is 4.91. The fourth-order valence-corrected chi connectivity index (χ4v) is 1.94. The van der Waals surface area contributed by atoms with Crippen molar-refractivity contribution in [1.29, 1.82) is 0 Å². The maximum atomic E-state index is 12.6. The molecule has 2 aromatic carbocycles. The van der Waals surface area contributed by atoms with Crippen molar-refractivity contribution in [2.45, 2.75) is 6.92 Å². The standard InChI is InChI=1S/C18H16O3/c1-2-21-17(19)13-16(14-9-5-3-6-10-14)18(20)15-11-7-4-8-12-15/h3-13H,2H2,1H3/b16-13-. The Kier molecular flexibility index (Phi) is 5.04. The zero-order valence-electron chi connectivity index (χ0n) is 11.8. The summed E-state index contributed by atoms with van der Waals surface area (Å²) >= 11 is 0. The number of ether oxygens (including phenoxy) is 1. The van der Waals surface area contributed by atoms with E-state index < -0.39 is 5.97 Å². The molecule has 0 aliphatic heterocycles. The number of allylic oxidation sites excluding steroid dienone is 1. The van der Waals surface area contributed by atoms with Gasteiger partial charge < -0.3 is 4.74 Å². The van der Waals surface area contributed by atoms with E-state index in [-0.39, 0.29) is 12.4 Å². The molecule has 0 saturated heterocycles. The van der Waals surface area contributed by atoms with Crippen LogP contribution in [0.1, 0.15) is 22.8 Å². The average molecular weight is 280 g/mol. The van der Waals surface area contributed by atoms with Gasteiger partial charge in [0.1, 0.15) is 0 Å². The topological polar surface area (TPSA) is 43.4 Å². The highest BCUT2D eigenvalue weighted by Gasteiger charge is 2.16. The van der Waals surface area contributed by atoms with Crippen LogP contribution in [0.4, 0.5) is 0 Å². The van der Waals surface area contributed by atoms with E-state index >= 15 is 0 Å². The normalized spacial score (nSPS) is 11.0. The Morgan fingerprint density at radius 2 is 1.43 bits per heavy atom. The molecule has 2 rings (SSSR count). The molecule has 2 aromatic rings. The highest BCUT2D eigenvalue weighted by atomic mass is 16.5. The molecule has 0 aliphatic carbocycles. The lowest BCUT2D eigenvalue weighted by atomic mass is 9.96. The van der Waals surface area contributed by atoms with Gasteiger partial charge in [-0.25, -0.2) is 4.79 Å². The van der Waals surface area contributed by atoms with Crippen molar-refractivity contribution in [3.05, 3.63) is 77.9 Å². The lowest BCUT2D eigenvalue weighted by Gasteiger charge is -2.07. The maximum absolute atomic E-state index is 12.6. The van der Waals surface area contributed by atoms with Crippen molar-refractivity contribution >= 4 is 17.3 Å². The summed E-state index contributed by atoms with van der Waals surface area (Å²) in [7, 11) is 0. The van der Waals surface area contributed by atoms with Gasteiger partial charge >= 0.3 is 5.97 Å². The van der Waals surface area contributed by atoms with Crippen LogP contribution in [-0.4, -0.2) is 18.4 Å². The summed E-state index contributed by atoms with van der Waals surface area (Å²) in [4.78, 5) is 24.3. The highest BCUT2D eigenvalue weighted by Crippen LogP contribution is 2.20. The van der Waals surface area contributed by atoms with Gasteiger partial charge in [-0.05, 0) is 12.5 Å². The summed E-state index contributed by atoms with van der Waals surface area (Å²) in [6.07, 6.45) is 1.26. The van der Waals surface area contributed by atoms with Crippen LogP contribution in [0.25, 0.3) is 5.57 Å². The Hall–Kier alpha value is -2.68. The fourth-order valence-electron chi connectivity index (χ4n) is 1.94. The number of benzene rings is 2. The predicted octanol–water partition coefficient (Wildman–Crippen LogP) is 3.52. The zero-order valence-corrected chi connectivity index (χ0v) is 11.8. The van der Waals surface area contributed by atoms with E-state index in [4.69, 9.17) is 4.74 Å². The molecule has 0 heterocycles. The van der Waals surface area contributed by atoms with Crippen LogP contribution in [0.5, 0.6) is 0 Å². The van der Waals surface area contributed by atoms with Gasteiger partial charge in [-0.15, -0.1) is 0 Å². The largest absolute Gasteiger partial charge is 0.463 e. The molecule has 0 bridgehead atoms. The molecule has 0 amide bonds. The van der Waals surface area contributed by atoms with Gasteiger partial charge in [-0.1, -0.05) is 60.7 Å². The molecular formula is C18H16O3. The van der Waals surface area contributed by atoms with Crippen molar-refractivity contribution in [2.24, 2.45) is 0 Å². The molecule has 0 unspecified atom stereocenters. The van der Waals surface area contributed by atoms with Gasteiger partial charge in [0.15, 0.2) is 5.78 Å². The summed E-state index contributed by atoms with van der Waals surface area (Å²) in [6, 6.07) is 18.0. The van der Waals surface area contributed by atoms with Gasteiger partial charge in [0.05, 0.1) is 6.61 Å². The fraction of sp³-hybridized carbons (Fsp3) is 0.111. The van der Waals surface area contributed by atoms with Gasteiger partial charge in [0, 0.05) is 17.2 Å². The van der Waals surface area contributed by atoms with E-state index in [0.29, 0.717) is 16.7 Å². The lowest BCUT2D eigenvalue weighted by molar-refractivity contribution is -0.137. The molecular weight excluding hydrogens is 264 g/mol. The number of Topliss-reactive ketones (excluding diaryl/α,β-unsaturated/α-hetero) is 1. The molecule has 0 saturated carbocycles. The van der Waals surface area contributed by atoms with Crippen LogP contribution in [-0.2, 0) is 9.53 Å². The van der Waals surface area contributed by atoms with Crippen molar-refractivity contribution < 1.29 is 14.3 Å². The molecule has 0 atom stereocenters. The smallest absolute Gasteiger partial charge is 0.331 e. The Balaban J connectivity index is 2.42. The van der Waals surface area contributed by atoms with Crippen molar-refractivity contribution in [2.75, 3.05) is 6.61 Å². The van der Waals surface area contributed by atoms with Gasteiger partial charge in [0.2, 0.25) is 0 Å². The number of carbonyl (C=O) groups excluding carboxylic acids is 2. The van der Waals surface area contributed by atoms with E-state index in [2.05, 4.69) is 0 Å². The Labute approximate surface area is 123 Å². The number of ketones is 1. The maximum Gasteiger partial charge on any atom is 0.331 e. The van der Waals surface area contributed by atoms with Crippen LogP contribution in [0, 0.1) is 0 Å². The molecule has 0 aliphatic rings. The third-order valence-electron chi connectivity index (χ3n) is 2.91. The SMILES string of the molecule is CCOC(=O)/C=C(\C(=O)c1ccccc1)c1ccccc1. The van der Waals surface area contributed by atoms with Crippen LogP contribution in [0.15, 0.2) is 66.7 Å². The molecule has 3 nitrogen and oxygen atoms in total. The van der Waals surface area contributed by atoms with Crippen LogP contribution in [0.3, 0.4) is 0 Å². The minimum atomic E-state index is -0.513. The minimum absolute atomic E-state index is 0.199. The van der Waals surface area contributed by atoms with E-state index in [0.717, 1.165) is 0 Å². The average Bonchev–Trinajstić information content (AvgIpc) is 2.54. The van der Waals surface area contributed by atoms with Gasteiger partial charge in [0.25, 0.3) is 0 Å². The molecule has 0 N–H and O–H groups in total. The Morgan fingerprint density at radius 3 is 1.95 bits per heavy atom. The summed E-state index contributed by atoms with van der Waals surface area (Å²) in [5.74, 6) is -0.713. The third-order valence-corrected chi connectivity index (χ3v) is 2.91.